The van der Waals surface area contributed by atoms with Crippen LogP contribution in [0.4, 0.5) is 13.2 Å². The summed E-state index contributed by atoms with van der Waals surface area (Å²) < 4.78 is 72.3. The van der Waals surface area contributed by atoms with Crippen LogP contribution in [0.1, 0.15) is 52.7 Å². The molecule has 0 spiro atoms. The first-order valence-corrected chi connectivity index (χ1v) is 11.7. The van der Waals surface area contributed by atoms with Crippen molar-refractivity contribution < 1.29 is 65.8 Å². The molecule has 2 atom stereocenters. The SMILES string of the molecule is C[C@H](Oc1ccc(S(=O)[O-])cc1C(=O)N1Cc2ccc(C3CCOCC3)cc2C1)C(F)(F)F.[Na+]. The van der Waals surface area contributed by atoms with E-state index in [9.17, 15) is 26.7 Å². The van der Waals surface area contributed by atoms with Gasteiger partial charge in [-0.25, -0.2) is 0 Å². The number of hydrogen-bond acceptors (Lipinski definition) is 5. The minimum absolute atomic E-state index is 0. The van der Waals surface area contributed by atoms with Crippen LogP contribution in [0.2, 0.25) is 0 Å². The largest absolute Gasteiger partial charge is 1.00 e. The number of fused-ring (bicyclic) bond motifs is 1. The van der Waals surface area contributed by atoms with Crippen molar-refractivity contribution in [3.63, 3.8) is 0 Å². The number of halogens is 3. The molecule has 2 heterocycles. The summed E-state index contributed by atoms with van der Waals surface area (Å²) in [4.78, 5) is 14.6. The van der Waals surface area contributed by atoms with Crippen LogP contribution in [0.25, 0.3) is 0 Å². The summed E-state index contributed by atoms with van der Waals surface area (Å²) in [5, 5.41) is 0. The summed E-state index contributed by atoms with van der Waals surface area (Å²) in [5.74, 6) is -0.505. The van der Waals surface area contributed by atoms with E-state index in [1.165, 1.54) is 10.5 Å². The average molecular weight is 505 g/mol. The Morgan fingerprint density at radius 2 is 1.82 bits per heavy atom. The predicted octanol–water partition coefficient (Wildman–Crippen LogP) is 1.31. The molecule has 1 unspecified atom stereocenters. The Morgan fingerprint density at radius 3 is 2.47 bits per heavy atom. The number of hydrogen-bond donors (Lipinski definition) is 0. The van der Waals surface area contributed by atoms with Gasteiger partial charge in [0, 0.05) is 31.2 Å². The topological polar surface area (TPSA) is 78.9 Å². The van der Waals surface area contributed by atoms with Crippen molar-refractivity contribution in [3.05, 3.63) is 58.7 Å². The molecule has 0 bridgehead atoms. The molecule has 1 saturated heterocycles. The Labute approximate surface area is 220 Å². The van der Waals surface area contributed by atoms with Crippen LogP contribution in [-0.2, 0) is 28.9 Å². The van der Waals surface area contributed by atoms with Gasteiger partial charge in [0.25, 0.3) is 5.91 Å². The fourth-order valence-electron chi connectivity index (χ4n) is 4.15. The van der Waals surface area contributed by atoms with Gasteiger partial charge in [-0.1, -0.05) is 18.2 Å². The number of nitrogens with zero attached hydrogens (tertiary/aromatic N) is 1. The van der Waals surface area contributed by atoms with Gasteiger partial charge in [0.2, 0.25) is 0 Å². The van der Waals surface area contributed by atoms with Crippen molar-refractivity contribution in [2.45, 2.75) is 55.9 Å². The monoisotopic (exact) mass is 505 g/mol. The molecular weight excluding hydrogens is 482 g/mol. The molecule has 1 fully saturated rings. The molecule has 2 aromatic rings. The van der Waals surface area contributed by atoms with E-state index in [4.69, 9.17) is 9.47 Å². The van der Waals surface area contributed by atoms with Crippen molar-refractivity contribution in [1.29, 1.82) is 0 Å². The number of amides is 1. The van der Waals surface area contributed by atoms with Gasteiger partial charge < -0.3 is 18.9 Å². The number of ether oxygens (including phenoxy) is 2. The standard InChI is InChI=1S/C23H24F3NO5S.Na/c1-14(23(24,25)26)32-21-5-4-19(33(29)30)11-20(21)22(28)27-12-17-3-2-16(10-18(17)13-27)15-6-8-31-9-7-15;/h2-5,10-11,14-15H,6-9,12-13H2,1H3,(H,29,30);/q;+1/p-1/t14-;/m0./s1. The van der Waals surface area contributed by atoms with Gasteiger partial charge in [0.15, 0.2) is 6.10 Å². The van der Waals surface area contributed by atoms with Gasteiger partial charge >= 0.3 is 35.7 Å². The number of rotatable bonds is 5. The normalized spacial score (nSPS) is 18.1. The smallest absolute Gasteiger partial charge is 0.768 e. The zero-order chi connectivity index (χ0) is 23.8. The summed E-state index contributed by atoms with van der Waals surface area (Å²) in [6.45, 7) is 2.81. The summed E-state index contributed by atoms with van der Waals surface area (Å²) in [5.41, 5.74) is 2.89. The number of benzene rings is 2. The predicted molar refractivity (Wildman–Crippen MR) is 113 cm³/mol. The van der Waals surface area contributed by atoms with Crippen molar-refractivity contribution in [3.8, 4) is 5.75 Å². The van der Waals surface area contributed by atoms with Gasteiger partial charge in [0.05, 0.1) is 5.56 Å². The van der Waals surface area contributed by atoms with Gasteiger partial charge in [-0.15, -0.1) is 0 Å². The van der Waals surface area contributed by atoms with Gasteiger partial charge in [-0.05, 0) is 71.7 Å². The molecule has 6 nitrogen and oxygen atoms in total. The second-order valence-electron chi connectivity index (χ2n) is 8.27. The maximum atomic E-state index is 13.3. The fourth-order valence-corrected chi connectivity index (χ4v) is 4.55. The summed E-state index contributed by atoms with van der Waals surface area (Å²) in [6, 6.07) is 9.35. The number of carbonyl (C=O) groups is 1. The molecule has 2 aliphatic heterocycles. The maximum Gasteiger partial charge on any atom is 1.00 e. The third-order valence-corrected chi connectivity index (χ3v) is 6.71. The first kappa shape index (κ1) is 27.2. The summed E-state index contributed by atoms with van der Waals surface area (Å²) >= 11 is -2.65. The zero-order valence-electron chi connectivity index (χ0n) is 18.9. The third kappa shape index (κ3) is 6.03. The Kier molecular flexibility index (Phi) is 8.86. The molecule has 1 amide bonds. The second-order valence-corrected chi connectivity index (χ2v) is 9.21. The summed E-state index contributed by atoms with van der Waals surface area (Å²) in [6.07, 6.45) is -4.94. The van der Waals surface area contributed by atoms with E-state index >= 15 is 0 Å². The van der Waals surface area contributed by atoms with Crippen molar-refractivity contribution >= 4 is 17.0 Å². The van der Waals surface area contributed by atoms with E-state index in [0.717, 1.165) is 49.1 Å². The van der Waals surface area contributed by atoms with E-state index < -0.39 is 29.3 Å². The first-order valence-electron chi connectivity index (χ1n) is 10.6. The van der Waals surface area contributed by atoms with E-state index in [1.54, 1.807) is 0 Å². The Bertz CT molecular complexity index is 1080. The molecule has 2 aromatic carbocycles. The molecule has 0 N–H and O–H groups in total. The van der Waals surface area contributed by atoms with Gasteiger partial charge in [0.1, 0.15) is 5.75 Å². The Hall–Kier alpha value is -1.43. The van der Waals surface area contributed by atoms with Gasteiger partial charge in [-0.2, -0.15) is 13.2 Å². The van der Waals surface area contributed by atoms with Crippen molar-refractivity contribution in [2.24, 2.45) is 0 Å². The van der Waals surface area contributed by atoms with Crippen LogP contribution in [0, 0.1) is 0 Å². The second kappa shape index (κ2) is 11.1. The molecule has 0 radical (unpaired) electrons. The minimum atomic E-state index is -4.63. The molecular formula is C23H23F3NNaO5S. The van der Waals surface area contributed by atoms with Crippen LogP contribution in [-0.4, -0.2) is 45.1 Å². The van der Waals surface area contributed by atoms with E-state index in [1.807, 2.05) is 12.1 Å². The van der Waals surface area contributed by atoms with E-state index in [2.05, 4.69) is 6.07 Å². The Morgan fingerprint density at radius 1 is 1.15 bits per heavy atom. The van der Waals surface area contributed by atoms with Crippen LogP contribution >= 0.6 is 0 Å². The maximum absolute atomic E-state index is 13.3. The third-order valence-electron chi connectivity index (χ3n) is 6.07. The van der Waals surface area contributed by atoms with Crippen LogP contribution in [0.5, 0.6) is 5.75 Å². The minimum Gasteiger partial charge on any atom is -0.768 e. The number of carbonyl (C=O) groups excluding carboxylic acids is 1. The molecule has 0 aromatic heterocycles. The van der Waals surface area contributed by atoms with Gasteiger partial charge in [-0.3, -0.25) is 9.00 Å². The fraction of sp³-hybridized carbons (Fsp3) is 0.435. The summed E-state index contributed by atoms with van der Waals surface area (Å²) in [7, 11) is 0. The molecule has 178 valence electrons. The van der Waals surface area contributed by atoms with Crippen LogP contribution in [0.15, 0.2) is 41.3 Å². The van der Waals surface area contributed by atoms with Crippen molar-refractivity contribution in [1.82, 2.24) is 4.90 Å². The molecule has 0 aliphatic carbocycles. The molecule has 34 heavy (non-hydrogen) atoms. The van der Waals surface area contributed by atoms with E-state index in [0.29, 0.717) is 19.1 Å². The number of alkyl halides is 3. The Balaban J connectivity index is 0.00000324. The molecule has 11 heteroatoms. The first-order chi connectivity index (χ1) is 15.6. The molecule has 4 rings (SSSR count). The van der Waals surface area contributed by atoms with Crippen LogP contribution < -0.4 is 34.3 Å². The quantitative estimate of drug-likeness (QED) is 0.453. The van der Waals surface area contributed by atoms with Crippen LogP contribution in [0.3, 0.4) is 0 Å². The molecule has 2 aliphatic rings. The average Bonchev–Trinajstić information content (AvgIpc) is 3.22. The zero-order valence-corrected chi connectivity index (χ0v) is 21.7. The van der Waals surface area contributed by atoms with Crippen molar-refractivity contribution in [2.75, 3.05) is 13.2 Å². The molecule has 0 saturated carbocycles. The van der Waals surface area contributed by atoms with E-state index in [-0.39, 0.29) is 58.9 Å².